The number of nitrogens with zero attached hydrogens (tertiary/aromatic N) is 1. The quantitative estimate of drug-likeness (QED) is 0.167. The molecule has 6 unspecified atom stereocenters. The van der Waals surface area contributed by atoms with Crippen molar-refractivity contribution >= 4 is 20.1 Å². The zero-order chi connectivity index (χ0) is 47.6. The monoisotopic (exact) mass is 960 g/mol. The van der Waals surface area contributed by atoms with Crippen molar-refractivity contribution in [2.75, 3.05) is 6.54 Å². The number of aliphatic hydroxyl groups is 1. The van der Waals surface area contributed by atoms with Gasteiger partial charge in [0.1, 0.15) is 30.5 Å². The van der Waals surface area contributed by atoms with E-state index in [4.69, 9.17) is 42.3 Å². The standard InChI is InChI=1S/C54H77NO12Si/c1-28-20-33-14-16-40-29(2)21-35(59-40)18-19-54-26-45-47(65-54)48-49(64-45)50(66-54)46-41(63-48)17-15-34(61-46)22-32(56)23-39-31(4)42(62-44(39)25-43(60-33)30(28)3)24-36(67-68(8,9)53(5,6)7)27-55-51(57)37-12-10-11-13-38(37)52(55)58/h10-13,28,31-36,39-50,56H,2-3,14-27H2,1,4-9H3/t28-,31-,32?,33+,34?,35+,36+,39?,40?,41+,42-,43-,44?,45+,46+,47+,48+,49-,50+,54?/m1/s1. The molecule has 11 aliphatic heterocycles. The van der Waals surface area contributed by atoms with Crippen molar-refractivity contribution < 1.29 is 57.0 Å². The molecule has 14 heteroatoms. The molecule has 20 atom stereocenters. The van der Waals surface area contributed by atoms with Crippen LogP contribution >= 0.6 is 0 Å². The van der Waals surface area contributed by atoms with Gasteiger partial charge in [0.2, 0.25) is 0 Å². The summed E-state index contributed by atoms with van der Waals surface area (Å²) in [5, 5.41) is 12.1. The van der Waals surface area contributed by atoms with Crippen LogP contribution in [-0.2, 0) is 42.3 Å². The Morgan fingerprint density at radius 2 is 1.44 bits per heavy atom. The molecule has 13 nitrogen and oxygen atoms in total. The summed E-state index contributed by atoms with van der Waals surface area (Å²) in [6.07, 6.45) is 5.83. The van der Waals surface area contributed by atoms with Gasteiger partial charge in [0, 0.05) is 25.7 Å². The maximum atomic E-state index is 13.8. The van der Waals surface area contributed by atoms with E-state index in [2.05, 4.69) is 60.9 Å². The van der Waals surface area contributed by atoms with Crippen molar-refractivity contribution in [1.29, 1.82) is 0 Å². The number of carbonyl (C=O) groups is 2. The molecule has 0 saturated carbocycles. The third kappa shape index (κ3) is 8.68. The highest BCUT2D eigenvalue weighted by atomic mass is 28.4. The number of benzene rings is 1. The summed E-state index contributed by atoms with van der Waals surface area (Å²) in [5.74, 6) is -1.09. The Morgan fingerprint density at radius 3 is 2.19 bits per heavy atom. The van der Waals surface area contributed by atoms with Crippen molar-refractivity contribution in [2.45, 2.75) is 240 Å². The van der Waals surface area contributed by atoms with Gasteiger partial charge in [-0.25, -0.2) is 0 Å². The largest absolute Gasteiger partial charge is 0.412 e. The van der Waals surface area contributed by atoms with Crippen molar-refractivity contribution in [2.24, 2.45) is 17.8 Å². The molecule has 374 valence electrons. The van der Waals surface area contributed by atoms with Gasteiger partial charge in [-0.1, -0.05) is 59.9 Å². The number of fused-ring (bicyclic) bond motifs is 7. The van der Waals surface area contributed by atoms with E-state index in [0.717, 1.165) is 56.1 Å². The van der Waals surface area contributed by atoms with Gasteiger partial charge in [0.05, 0.1) is 84.8 Å². The summed E-state index contributed by atoms with van der Waals surface area (Å²) in [6, 6.07) is 7.06. The van der Waals surface area contributed by atoms with Crippen LogP contribution in [0.2, 0.25) is 18.1 Å². The molecule has 1 aromatic rings. The third-order valence-electron chi connectivity index (χ3n) is 18.6. The first-order valence-electron chi connectivity index (χ1n) is 26.3. The number of hydrogen-bond acceptors (Lipinski definition) is 12. The molecule has 12 bridgehead atoms. The fourth-order valence-corrected chi connectivity index (χ4v) is 15.1. The van der Waals surface area contributed by atoms with Crippen LogP contribution in [0.4, 0.5) is 0 Å². The van der Waals surface area contributed by atoms with Crippen molar-refractivity contribution in [3.8, 4) is 0 Å². The van der Waals surface area contributed by atoms with Gasteiger partial charge in [-0.3, -0.25) is 14.5 Å². The Morgan fingerprint density at radius 1 is 0.765 bits per heavy atom. The number of amides is 2. The van der Waals surface area contributed by atoms with E-state index in [1.807, 2.05) is 0 Å². The van der Waals surface area contributed by atoms with E-state index in [-0.39, 0.29) is 127 Å². The molecule has 12 rings (SSSR count). The van der Waals surface area contributed by atoms with Crippen LogP contribution in [0.3, 0.4) is 0 Å². The first-order chi connectivity index (χ1) is 32.3. The zero-order valence-corrected chi connectivity index (χ0v) is 42.5. The third-order valence-corrected chi connectivity index (χ3v) is 23.1. The number of ether oxygens (including phenoxy) is 8. The zero-order valence-electron chi connectivity index (χ0n) is 41.5. The highest BCUT2D eigenvalue weighted by molar-refractivity contribution is 6.74. The second kappa shape index (κ2) is 18.0. The van der Waals surface area contributed by atoms with Gasteiger partial charge in [-0.05, 0) is 117 Å². The molecule has 1 spiro atoms. The van der Waals surface area contributed by atoms with Gasteiger partial charge in [0.25, 0.3) is 11.8 Å². The minimum Gasteiger partial charge on any atom is -0.412 e. The van der Waals surface area contributed by atoms with Crippen LogP contribution in [0.15, 0.2) is 48.6 Å². The van der Waals surface area contributed by atoms with Gasteiger partial charge < -0.3 is 47.4 Å². The van der Waals surface area contributed by atoms with Crippen LogP contribution in [0, 0.1) is 17.8 Å². The summed E-state index contributed by atoms with van der Waals surface area (Å²) < 4.78 is 62.6. The summed E-state index contributed by atoms with van der Waals surface area (Å²) in [6.45, 7) is 24.8. The van der Waals surface area contributed by atoms with Crippen molar-refractivity contribution in [3.63, 3.8) is 0 Å². The summed E-state index contributed by atoms with van der Waals surface area (Å²) >= 11 is 0. The van der Waals surface area contributed by atoms with Crippen LogP contribution in [0.25, 0.3) is 0 Å². The number of carbonyl (C=O) groups excluding carboxylic acids is 2. The first kappa shape index (κ1) is 48.0. The molecule has 11 aliphatic rings. The predicted octanol–water partition coefficient (Wildman–Crippen LogP) is 8.22. The average molecular weight is 960 g/mol. The lowest BCUT2D eigenvalue weighted by atomic mass is 9.78. The Balaban J connectivity index is 0.869. The van der Waals surface area contributed by atoms with Crippen LogP contribution in [0.1, 0.15) is 139 Å². The van der Waals surface area contributed by atoms with Gasteiger partial charge in [-0.15, -0.1) is 0 Å². The van der Waals surface area contributed by atoms with Gasteiger partial charge in [-0.2, -0.15) is 0 Å². The molecule has 1 N–H and O–H groups in total. The molecule has 10 saturated heterocycles. The number of aliphatic hydroxyl groups excluding tert-OH is 1. The number of imide groups is 1. The van der Waals surface area contributed by atoms with E-state index in [9.17, 15) is 14.7 Å². The first-order valence-corrected chi connectivity index (χ1v) is 29.2. The maximum absolute atomic E-state index is 13.8. The molecule has 1 aromatic carbocycles. The molecule has 10 fully saturated rings. The minimum absolute atomic E-state index is 0.0197. The van der Waals surface area contributed by atoms with Crippen LogP contribution in [-0.4, -0.2) is 140 Å². The lowest BCUT2D eigenvalue weighted by molar-refractivity contribution is -0.294. The van der Waals surface area contributed by atoms with Crippen molar-refractivity contribution in [3.05, 3.63) is 59.7 Å². The van der Waals surface area contributed by atoms with Gasteiger partial charge >= 0.3 is 0 Å². The summed E-state index contributed by atoms with van der Waals surface area (Å²) in [4.78, 5) is 29.0. The fourth-order valence-electron chi connectivity index (χ4n) is 13.7. The summed E-state index contributed by atoms with van der Waals surface area (Å²) in [5.41, 5.74) is 3.09. The topological polar surface area (TPSA) is 141 Å². The maximum Gasteiger partial charge on any atom is 0.261 e. The molecule has 0 aliphatic carbocycles. The molecule has 0 aromatic heterocycles. The van der Waals surface area contributed by atoms with Crippen LogP contribution in [0.5, 0.6) is 0 Å². The molecular formula is C54H77NO12Si. The second-order valence-corrected chi connectivity index (χ2v) is 28.9. The minimum atomic E-state index is -2.40. The predicted molar refractivity (Wildman–Crippen MR) is 254 cm³/mol. The molecule has 0 radical (unpaired) electrons. The van der Waals surface area contributed by atoms with Gasteiger partial charge in [0.15, 0.2) is 14.1 Å². The number of rotatable bonds is 6. The normalized spacial score (nSPS) is 45.3. The Labute approximate surface area is 404 Å². The Hall–Kier alpha value is -2.34. The van der Waals surface area contributed by atoms with E-state index >= 15 is 0 Å². The van der Waals surface area contributed by atoms with E-state index < -0.39 is 26.3 Å². The highest BCUT2D eigenvalue weighted by Crippen LogP contribution is 2.55. The van der Waals surface area contributed by atoms with Crippen LogP contribution < -0.4 is 0 Å². The van der Waals surface area contributed by atoms with Crippen molar-refractivity contribution in [1.82, 2.24) is 4.90 Å². The second-order valence-electron chi connectivity index (χ2n) is 24.1. The molecule has 11 heterocycles. The molecule has 68 heavy (non-hydrogen) atoms. The lowest BCUT2D eigenvalue weighted by Crippen LogP contribution is -2.61. The lowest BCUT2D eigenvalue weighted by Gasteiger charge is -2.47. The van der Waals surface area contributed by atoms with E-state index in [0.29, 0.717) is 49.7 Å². The molecule has 2 amide bonds. The fraction of sp³-hybridized carbons (Fsp3) is 0.778. The highest BCUT2D eigenvalue weighted by Gasteiger charge is 2.69. The average Bonchev–Trinajstić information content (AvgIpc) is 4.01. The Bertz CT molecular complexity index is 2090. The smallest absolute Gasteiger partial charge is 0.261 e. The van der Waals surface area contributed by atoms with E-state index in [1.54, 1.807) is 24.3 Å². The Kier molecular flexibility index (Phi) is 12.7. The molecular weight excluding hydrogens is 883 g/mol. The van der Waals surface area contributed by atoms with E-state index in [1.165, 1.54) is 4.90 Å². The number of hydrogen-bond donors (Lipinski definition) is 1. The SMILES string of the molecule is C=C1C[C@@H]2CCC34C[C@@H]5O[C@@H]6[C@@H](O[C@H]7CCC(CC(O)CC8C(C[C@H]9O[C@@H](CCC1O2)C[C@@H](C)C9=C)O[C@H](C[C@@H](CN1C(=O)c2ccccc2C1=O)O[Si](C)(C)C(C)(C)C)[C@@H]8C)O[C@@H]7[C@@H]6O3)[C@H]5O4. The summed E-state index contributed by atoms with van der Waals surface area (Å²) in [7, 11) is -2.40.